The Balaban J connectivity index is 2.09. The molecule has 2 aromatic rings. The summed E-state index contributed by atoms with van der Waals surface area (Å²) >= 11 is 6.89. The van der Waals surface area contributed by atoms with Crippen molar-refractivity contribution in [2.45, 2.75) is 25.9 Å². The van der Waals surface area contributed by atoms with Crippen LogP contribution in [0.3, 0.4) is 0 Å². The van der Waals surface area contributed by atoms with E-state index in [0.29, 0.717) is 5.75 Å². The normalized spacial score (nSPS) is 12.3. The largest absolute Gasteiger partial charge is 0.508 e. The van der Waals surface area contributed by atoms with Crippen LogP contribution < -0.4 is 5.32 Å². The van der Waals surface area contributed by atoms with E-state index in [0.717, 1.165) is 27.5 Å². The second kappa shape index (κ2) is 7.25. The van der Waals surface area contributed by atoms with Crippen molar-refractivity contribution in [2.24, 2.45) is 0 Å². The van der Waals surface area contributed by atoms with Crippen LogP contribution in [0.15, 0.2) is 51.4 Å². The van der Waals surface area contributed by atoms with Crippen molar-refractivity contribution in [1.29, 1.82) is 0 Å². The van der Waals surface area contributed by atoms with Crippen LogP contribution in [-0.4, -0.2) is 5.11 Å². The number of phenolic OH excluding ortho intramolecular Hbond substituents is 1. The fraction of sp³-hybridized carbons (Fsp3) is 0.250. The standard InChI is InChI=1S/C16H17Br2NO/c1-2-15(14-9-13(18)7-8-16(14)20)19-10-11-3-5-12(17)6-4-11/h3-9,15,19-20H,2,10H2,1H3. The first-order valence-corrected chi connectivity index (χ1v) is 8.15. The summed E-state index contributed by atoms with van der Waals surface area (Å²) in [7, 11) is 0. The Morgan fingerprint density at radius 1 is 1.05 bits per heavy atom. The van der Waals surface area contributed by atoms with E-state index >= 15 is 0 Å². The summed E-state index contributed by atoms with van der Waals surface area (Å²) in [4.78, 5) is 0. The van der Waals surface area contributed by atoms with Crippen LogP contribution >= 0.6 is 31.9 Å². The van der Waals surface area contributed by atoms with Gasteiger partial charge in [0.05, 0.1) is 0 Å². The molecular weight excluding hydrogens is 382 g/mol. The summed E-state index contributed by atoms with van der Waals surface area (Å²) in [5, 5.41) is 13.5. The molecule has 2 nitrogen and oxygen atoms in total. The van der Waals surface area contributed by atoms with Gasteiger partial charge in [-0.2, -0.15) is 0 Å². The molecule has 0 radical (unpaired) electrons. The number of rotatable bonds is 5. The van der Waals surface area contributed by atoms with Gasteiger partial charge in [-0.25, -0.2) is 0 Å². The van der Waals surface area contributed by atoms with Crippen LogP contribution in [0.5, 0.6) is 5.75 Å². The van der Waals surface area contributed by atoms with Gasteiger partial charge in [0.1, 0.15) is 5.75 Å². The highest BCUT2D eigenvalue weighted by molar-refractivity contribution is 9.10. The zero-order valence-corrected chi connectivity index (χ0v) is 14.4. The summed E-state index contributed by atoms with van der Waals surface area (Å²) in [6, 6.07) is 13.9. The van der Waals surface area contributed by atoms with Gasteiger partial charge in [0.15, 0.2) is 0 Å². The van der Waals surface area contributed by atoms with Crippen molar-refractivity contribution >= 4 is 31.9 Å². The van der Waals surface area contributed by atoms with E-state index in [1.165, 1.54) is 5.56 Å². The van der Waals surface area contributed by atoms with Crippen LogP contribution in [0, 0.1) is 0 Å². The summed E-state index contributed by atoms with van der Waals surface area (Å²) in [5.74, 6) is 0.336. The second-order valence-electron chi connectivity index (χ2n) is 4.67. The molecule has 1 atom stereocenters. The zero-order chi connectivity index (χ0) is 14.5. The number of phenols is 1. The lowest BCUT2D eigenvalue weighted by Crippen LogP contribution is -2.20. The average molecular weight is 399 g/mol. The molecule has 0 aliphatic heterocycles. The second-order valence-corrected chi connectivity index (χ2v) is 6.50. The predicted octanol–water partition coefficient (Wildman–Crippen LogP) is 5.16. The first-order chi connectivity index (χ1) is 9.60. The van der Waals surface area contributed by atoms with Crippen molar-refractivity contribution in [3.63, 3.8) is 0 Å². The van der Waals surface area contributed by atoms with Crippen molar-refractivity contribution in [3.05, 3.63) is 62.5 Å². The third kappa shape index (κ3) is 4.08. The Kier molecular flexibility index (Phi) is 5.64. The molecule has 0 fully saturated rings. The summed E-state index contributed by atoms with van der Waals surface area (Å²) in [6.07, 6.45) is 0.917. The molecule has 0 amide bonds. The third-order valence-corrected chi connectivity index (χ3v) is 4.26. The van der Waals surface area contributed by atoms with Crippen molar-refractivity contribution in [3.8, 4) is 5.75 Å². The monoisotopic (exact) mass is 397 g/mol. The van der Waals surface area contributed by atoms with Crippen LogP contribution in [0.1, 0.15) is 30.5 Å². The van der Waals surface area contributed by atoms with Crippen molar-refractivity contribution in [1.82, 2.24) is 5.32 Å². The van der Waals surface area contributed by atoms with Gasteiger partial charge in [0, 0.05) is 27.1 Å². The van der Waals surface area contributed by atoms with Crippen LogP contribution in [-0.2, 0) is 6.54 Å². The maximum absolute atomic E-state index is 10.0. The predicted molar refractivity (Wildman–Crippen MR) is 89.8 cm³/mol. The maximum atomic E-state index is 10.0. The molecule has 4 heteroatoms. The minimum atomic E-state index is 0.135. The molecule has 2 rings (SSSR count). The Morgan fingerprint density at radius 2 is 1.70 bits per heavy atom. The first kappa shape index (κ1) is 15.5. The quantitative estimate of drug-likeness (QED) is 0.729. The van der Waals surface area contributed by atoms with Crippen LogP contribution in [0.4, 0.5) is 0 Å². The summed E-state index contributed by atoms with van der Waals surface area (Å²) in [6.45, 7) is 2.89. The highest BCUT2D eigenvalue weighted by Gasteiger charge is 2.13. The van der Waals surface area contributed by atoms with E-state index in [9.17, 15) is 5.11 Å². The van der Waals surface area contributed by atoms with Crippen LogP contribution in [0.2, 0.25) is 0 Å². The molecule has 0 spiro atoms. The molecule has 1 unspecified atom stereocenters. The minimum absolute atomic E-state index is 0.135. The molecule has 2 N–H and O–H groups in total. The van der Waals surface area contributed by atoms with Gasteiger partial charge in [-0.15, -0.1) is 0 Å². The lowest BCUT2D eigenvalue weighted by Gasteiger charge is -2.19. The maximum Gasteiger partial charge on any atom is 0.120 e. The van der Waals surface area contributed by atoms with Gasteiger partial charge in [-0.1, -0.05) is 50.9 Å². The van der Waals surface area contributed by atoms with Crippen molar-refractivity contribution < 1.29 is 5.11 Å². The zero-order valence-electron chi connectivity index (χ0n) is 11.2. The minimum Gasteiger partial charge on any atom is -0.508 e. The summed E-state index contributed by atoms with van der Waals surface area (Å²) in [5.41, 5.74) is 2.15. The Labute approximate surface area is 136 Å². The Morgan fingerprint density at radius 3 is 2.35 bits per heavy atom. The molecule has 0 bridgehead atoms. The molecule has 0 saturated carbocycles. The van der Waals surface area contributed by atoms with Gasteiger partial charge in [0.2, 0.25) is 0 Å². The van der Waals surface area contributed by atoms with Gasteiger partial charge in [0.25, 0.3) is 0 Å². The number of hydrogen-bond donors (Lipinski definition) is 2. The summed E-state index contributed by atoms with van der Waals surface area (Å²) < 4.78 is 2.06. The SMILES string of the molecule is CCC(NCc1ccc(Br)cc1)c1cc(Br)ccc1O. The molecule has 0 saturated heterocycles. The van der Waals surface area contributed by atoms with Gasteiger partial charge in [-0.05, 0) is 42.3 Å². The van der Waals surface area contributed by atoms with E-state index in [1.807, 2.05) is 24.3 Å². The molecule has 0 heterocycles. The van der Waals surface area contributed by atoms with Crippen LogP contribution in [0.25, 0.3) is 0 Å². The van der Waals surface area contributed by atoms with E-state index in [1.54, 1.807) is 6.07 Å². The lowest BCUT2D eigenvalue weighted by molar-refractivity contribution is 0.440. The van der Waals surface area contributed by atoms with E-state index in [-0.39, 0.29) is 6.04 Å². The van der Waals surface area contributed by atoms with E-state index in [4.69, 9.17) is 0 Å². The number of aromatic hydroxyl groups is 1. The van der Waals surface area contributed by atoms with Gasteiger partial charge < -0.3 is 10.4 Å². The molecule has 0 aliphatic carbocycles. The molecular formula is C16H17Br2NO. The molecule has 106 valence electrons. The topological polar surface area (TPSA) is 32.3 Å². The highest BCUT2D eigenvalue weighted by atomic mass is 79.9. The molecule has 0 aromatic heterocycles. The van der Waals surface area contributed by atoms with E-state index in [2.05, 4.69) is 56.2 Å². The molecule has 2 aromatic carbocycles. The smallest absolute Gasteiger partial charge is 0.120 e. The van der Waals surface area contributed by atoms with Crippen molar-refractivity contribution in [2.75, 3.05) is 0 Å². The first-order valence-electron chi connectivity index (χ1n) is 6.56. The Hall–Kier alpha value is -0.840. The van der Waals surface area contributed by atoms with Gasteiger partial charge in [-0.3, -0.25) is 0 Å². The third-order valence-electron chi connectivity index (χ3n) is 3.24. The number of benzene rings is 2. The Bertz CT molecular complexity index is 569. The lowest BCUT2D eigenvalue weighted by atomic mass is 10.0. The fourth-order valence-electron chi connectivity index (χ4n) is 2.12. The molecule has 0 aliphatic rings. The number of nitrogens with one attached hydrogen (secondary N) is 1. The fourth-order valence-corrected chi connectivity index (χ4v) is 2.77. The van der Waals surface area contributed by atoms with E-state index < -0.39 is 0 Å². The number of halogens is 2. The average Bonchev–Trinajstić information content (AvgIpc) is 2.45. The number of hydrogen-bond acceptors (Lipinski definition) is 2. The van der Waals surface area contributed by atoms with Gasteiger partial charge >= 0.3 is 0 Å². The highest BCUT2D eigenvalue weighted by Crippen LogP contribution is 2.29. The molecule has 20 heavy (non-hydrogen) atoms.